The summed E-state index contributed by atoms with van der Waals surface area (Å²) in [5, 5.41) is 1.66. The molecule has 0 aliphatic carbocycles. The number of ether oxygens (including phenoxy) is 3. The van der Waals surface area contributed by atoms with Gasteiger partial charge in [-0.25, -0.2) is 4.98 Å². The van der Waals surface area contributed by atoms with E-state index in [2.05, 4.69) is 4.98 Å². The van der Waals surface area contributed by atoms with Crippen LogP contribution >= 0.6 is 34.8 Å². The first-order chi connectivity index (χ1) is 15.0. The largest absolute Gasteiger partial charge is 0.449 e. The fourth-order valence-corrected chi connectivity index (χ4v) is 3.28. The molecular formula is C24H16Cl3NO3. The Balaban J connectivity index is 1.63. The van der Waals surface area contributed by atoms with Crippen molar-refractivity contribution in [1.82, 2.24) is 4.98 Å². The normalized spacial score (nSPS) is 10.7. The number of hydrogen-bond donors (Lipinski definition) is 0. The summed E-state index contributed by atoms with van der Waals surface area (Å²) in [5.74, 6) is 2.00. The molecule has 0 aliphatic heterocycles. The SMILES string of the molecule is Clc1cccc(Oc2cccc(C(Oc3cccc(Cl)c3)Oc3cccc(Cl)c3)n2)c1. The molecule has 0 fully saturated rings. The van der Waals surface area contributed by atoms with Crippen molar-refractivity contribution in [2.45, 2.75) is 6.29 Å². The van der Waals surface area contributed by atoms with Crippen LogP contribution in [0.15, 0.2) is 91.0 Å². The van der Waals surface area contributed by atoms with Gasteiger partial charge in [-0.1, -0.05) is 59.1 Å². The third-order valence-corrected chi connectivity index (χ3v) is 4.79. The monoisotopic (exact) mass is 471 g/mol. The summed E-state index contributed by atoms with van der Waals surface area (Å²) in [5.41, 5.74) is 0.500. The van der Waals surface area contributed by atoms with Crippen molar-refractivity contribution >= 4 is 34.8 Å². The fourth-order valence-electron chi connectivity index (χ4n) is 2.74. The molecule has 0 saturated carbocycles. The van der Waals surface area contributed by atoms with Crippen LogP contribution in [0.3, 0.4) is 0 Å². The number of pyridine rings is 1. The van der Waals surface area contributed by atoms with Crippen LogP contribution in [0, 0.1) is 0 Å². The molecule has 1 heterocycles. The van der Waals surface area contributed by atoms with Crippen molar-refractivity contribution in [3.05, 3.63) is 112 Å². The first kappa shape index (κ1) is 21.3. The number of nitrogens with zero attached hydrogens (tertiary/aromatic N) is 1. The van der Waals surface area contributed by atoms with Crippen LogP contribution in [0.1, 0.15) is 12.0 Å². The fraction of sp³-hybridized carbons (Fsp3) is 0.0417. The zero-order chi connectivity index (χ0) is 21.6. The van der Waals surface area contributed by atoms with Gasteiger partial charge in [0.15, 0.2) is 0 Å². The molecule has 0 radical (unpaired) electrons. The highest BCUT2D eigenvalue weighted by Gasteiger charge is 2.19. The predicted octanol–water partition coefficient (Wildman–Crippen LogP) is 7.99. The van der Waals surface area contributed by atoms with E-state index in [0.717, 1.165) is 0 Å². The van der Waals surface area contributed by atoms with E-state index in [-0.39, 0.29) is 0 Å². The lowest BCUT2D eigenvalue weighted by atomic mass is 10.3. The van der Waals surface area contributed by atoms with E-state index in [9.17, 15) is 0 Å². The second-order valence-corrected chi connectivity index (χ2v) is 7.75. The van der Waals surface area contributed by atoms with Crippen LogP contribution < -0.4 is 14.2 Å². The summed E-state index contributed by atoms with van der Waals surface area (Å²) in [7, 11) is 0. The highest BCUT2D eigenvalue weighted by atomic mass is 35.5. The molecule has 0 atom stereocenters. The van der Waals surface area contributed by atoms with Crippen molar-refractivity contribution in [2.75, 3.05) is 0 Å². The van der Waals surface area contributed by atoms with Crippen molar-refractivity contribution in [1.29, 1.82) is 0 Å². The molecule has 0 N–H and O–H groups in total. The number of rotatable bonds is 7. The Morgan fingerprint density at radius 3 is 1.61 bits per heavy atom. The molecule has 4 rings (SSSR count). The van der Waals surface area contributed by atoms with Gasteiger partial charge < -0.3 is 14.2 Å². The van der Waals surface area contributed by atoms with E-state index in [0.29, 0.717) is 43.9 Å². The lowest BCUT2D eigenvalue weighted by Gasteiger charge is -2.21. The average Bonchev–Trinajstić information content (AvgIpc) is 2.74. The molecule has 31 heavy (non-hydrogen) atoms. The molecule has 3 aromatic carbocycles. The van der Waals surface area contributed by atoms with Gasteiger partial charge in [-0.15, -0.1) is 0 Å². The minimum atomic E-state index is -0.875. The molecule has 0 amide bonds. The minimum absolute atomic E-state index is 0.370. The van der Waals surface area contributed by atoms with Crippen LogP contribution in [0.5, 0.6) is 23.1 Å². The first-order valence-electron chi connectivity index (χ1n) is 9.30. The maximum Gasteiger partial charge on any atom is 0.284 e. The molecule has 4 aromatic rings. The second kappa shape index (κ2) is 9.92. The third kappa shape index (κ3) is 6.05. The number of halogens is 3. The summed E-state index contributed by atoms with van der Waals surface area (Å²) in [6, 6.07) is 26.5. The minimum Gasteiger partial charge on any atom is -0.449 e. The maximum absolute atomic E-state index is 6.10. The van der Waals surface area contributed by atoms with E-state index in [1.54, 1.807) is 91.0 Å². The van der Waals surface area contributed by atoms with Gasteiger partial charge in [0.1, 0.15) is 22.9 Å². The zero-order valence-corrected chi connectivity index (χ0v) is 18.3. The molecule has 0 spiro atoms. The molecule has 0 bridgehead atoms. The van der Waals surface area contributed by atoms with Crippen LogP contribution in [0.25, 0.3) is 0 Å². The summed E-state index contributed by atoms with van der Waals surface area (Å²) >= 11 is 18.2. The van der Waals surface area contributed by atoms with Crippen LogP contribution in [0.2, 0.25) is 15.1 Å². The smallest absolute Gasteiger partial charge is 0.284 e. The van der Waals surface area contributed by atoms with Crippen LogP contribution in [-0.4, -0.2) is 4.98 Å². The Hall–Kier alpha value is -2.92. The Morgan fingerprint density at radius 1 is 0.581 bits per heavy atom. The zero-order valence-electron chi connectivity index (χ0n) is 16.0. The highest BCUT2D eigenvalue weighted by molar-refractivity contribution is 6.31. The highest BCUT2D eigenvalue weighted by Crippen LogP contribution is 2.30. The summed E-state index contributed by atoms with van der Waals surface area (Å²) in [4.78, 5) is 4.55. The van der Waals surface area contributed by atoms with E-state index in [4.69, 9.17) is 49.0 Å². The predicted molar refractivity (Wildman–Crippen MR) is 123 cm³/mol. The standard InChI is InChI=1S/C24H16Cl3NO3/c25-16-5-1-8-19(13-16)29-23-12-4-11-22(28-23)24(30-20-9-2-6-17(26)14-20)31-21-10-3-7-18(27)15-21/h1-15,24H. The van der Waals surface area contributed by atoms with Crippen LogP contribution in [0.4, 0.5) is 0 Å². The summed E-state index contributed by atoms with van der Waals surface area (Å²) < 4.78 is 18.0. The lowest BCUT2D eigenvalue weighted by Crippen LogP contribution is -2.16. The van der Waals surface area contributed by atoms with Gasteiger partial charge in [0, 0.05) is 21.1 Å². The Morgan fingerprint density at radius 2 is 1.06 bits per heavy atom. The van der Waals surface area contributed by atoms with Gasteiger partial charge in [-0.2, -0.15) is 0 Å². The maximum atomic E-state index is 6.10. The van der Waals surface area contributed by atoms with Gasteiger partial charge in [0.05, 0.1) is 0 Å². The summed E-state index contributed by atoms with van der Waals surface area (Å²) in [6.07, 6.45) is -0.875. The Bertz CT molecular complexity index is 1140. The molecule has 0 saturated heterocycles. The molecular weight excluding hydrogens is 457 g/mol. The first-order valence-corrected chi connectivity index (χ1v) is 10.4. The van der Waals surface area contributed by atoms with Gasteiger partial charge in [0.25, 0.3) is 6.29 Å². The average molecular weight is 473 g/mol. The lowest BCUT2D eigenvalue weighted by molar-refractivity contribution is 0.0000453. The van der Waals surface area contributed by atoms with Crippen molar-refractivity contribution in [2.24, 2.45) is 0 Å². The van der Waals surface area contributed by atoms with E-state index < -0.39 is 6.29 Å². The van der Waals surface area contributed by atoms with Crippen LogP contribution in [-0.2, 0) is 0 Å². The third-order valence-electron chi connectivity index (χ3n) is 4.08. The molecule has 0 aliphatic rings. The Kier molecular flexibility index (Phi) is 6.82. The van der Waals surface area contributed by atoms with Crippen molar-refractivity contribution < 1.29 is 14.2 Å². The summed E-state index contributed by atoms with van der Waals surface area (Å²) in [6.45, 7) is 0. The number of aromatic nitrogens is 1. The molecule has 156 valence electrons. The van der Waals surface area contributed by atoms with Crippen molar-refractivity contribution in [3.8, 4) is 23.1 Å². The second-order valence-electron chi connectivity index (χ2n) is 6.44. The van der Waals surface area contributed by atoms with E-state index in [1.165, 1.54) is 0 Å². The van der Waals surface area contributed by atoms with E-state index >= 15 is 0 Å². The molecule has 4 nitrogen and oxygen atoms in total. The molecule has 0 unspecified atom stereocenters. The topological polar surface area (TPSA) is 40.6 Å². The molecule has 7 heteroatoms. The Labute approximate surface area is 194 Å². The van der Waals surface area contributed by atoms with Gasteiger partial charge in [-0.3, -0.25) is 0 Å². The van der Waals surface area contributed by atoms with Crippen molar-refractivity contribution in [3.63, 3.8) is 0 Å². The number of benzene rings is 3. The molecule has 1 aromatic heterocycles. The van der Waals surface area contributed by atoms with E-state index in [1.807, 2.05) is 0 Å². The van der Waals surface area contributed by atoms with Gasteiger partial charge in [0.2, 0.25) is 5.88 Å². The van der Waals surface area contributed by atoms with Gasteiger partial charge in [-0.05, 0) is 60.7 Å². The number of hydrogen-bond acceptors (Lipinski definition) is 4. The van der Waals surface area contributed by atoms with Gasteiger partial charge >= 0.3 is 0 Å². The quantitative estimate of drug-likeness (QED) is 0.256.